The quantitative estimate of drug-likeness (QED) is 0.392. The van der Waals surface area contributed by atoms with Crippen molar-refractivity contribution < 1.29 is 4.42 Å². The van der Waals surface area contributed by atoms with E-state index in [2.05, 4.69) is 35.7 Å². The van der Waals surface area contributed by atoms with Crippen molar-refractivity contribution in [1.82, 2.24) is 4.98 Å². The van der Waals surface area contributed by atoms with Gasteiger partial charge in [0.25, 0.3) is 0 Å². The second-order valence-electron chi connectivity index (χ2n) is 5.27. The maximum absolute atomic E-state index is 6.11. The Labute approximate surface area is 149 Å². The zero-order valence-electron chi connectivity index (χ0n) is 12.9. The second-order valence-corrected chi connectivity index (χ2v) is 7.18. The Morgan fingerprint density at radius 2 is 1.62 bits per heavy atom. The van der Waals surface area contributed by atoms with Crippen LogP contribution in [0.2, 0.25) is 0 Å². The highest BCUT2D eigenvalue weighted by atomic mass is 32.2. The molecule has 0 spiro atoms. The SMILES string of the molecule is c1ccc(CSc2nc(-c3ccccc3)oc2-c2cccs2)cc1. The van der Waals surface area contributed by atoms with Crippen LogP contribution in [-0.2, 0) is 5.75 Å². The van der Waals surface area contributed by atoms with Crippen LogP contribution in [-0.4, -0.2) is 4.98 Å². The lowest BCUT2D eigenvalue weighted by Crippen LogP contribution is -1.82. The van der Waals surface area contributed by atoms with E-state index in [-0.39, 0.29) is 0 Å². The highest BCUT2D eigenvalue weighted by Crippen LogP contribution is 2.38. The highest BCUT2D eigenvalue weighted by molar-refractivity contribution is 7.98. The topological polar surface area (TPSA) is 26.0 Å². The predicted molar refractivity (Wildman–Crippen MR) is 101 cm³/mol. The first kappa shape index (κ1) is 15.2. The summed E-state index contributed by atoms with van der Waals surface area (Å²) in [5, 5.41) is 3.01. The number of benzene rings is 2. The van der Waals surface area contributed by atoms with E-state index >= 15 is 0 Å². The molecule has 118 valence electrons. The number of thioether (sulfide) groups is 1. The van der Waals surface area contributed by atoms with E-state index in [9.17, 15) is 0 Å². The van der Waals surface area contributed by atoms with E-state index in [1.165, 1.54) is 5.56 Å². The van der Waals surface area contributed by atoms with Crippen LogP contribution in [0.15, 0.2) is 87.6 Å². The molecule has 0 atom stereocenters. The molecule has 0 fully saturated rings. The molecule has 0 amide bonds. The van der Waals surface area contributed by atoms with Crippen molar-refractivity contribution in [3.05, 3.63) is 83.7 Å². The molecule has 4 heteroatoms. The number of rotatable bonds is 5. The van der Waals surface area contributed by atoms with Gasteiger partial charge in [-0.3, -0.25) is 0 Å². The normalized spacial score (nSPS) is 10.8. The van der Waals surface area contributed by atoms with Crippen molar-refractivity contribution in [3.63, 3.8) is 0 Å². The van der Waals surface area contributed by atoms with Crippen LogP contribution < -0.4 is 0 Å². The molecular weight excluding hydrogens is 334 g/mol. The third-order valence-electron chi connectivity index (χ3n) is 3.58. The first-order valence-corrected chi connectivity index (χ1v) is 9.53. The molecule has 2 heterocycles. The lowest BCUT2D eigenvalue weighted by molar-refractivity contribution is 0.588. The standard InChI is InChI=1S/C20H15NOS2/c1-3-8-15(9-4-1)14-24-20-18(17-12-7-13-23-17)22-19(21-20)16-10-5-2-6-11-16/h1-13H,14H2. The van der Waals surface area contributed by atoms with Gasteiger partial charge in [0, 0.05) is 11.3 Å². The van der Waals surface area contributed by atoms with E-state index in [0.717, 1.165) is 27.0 Å². The third kappa shape index (κ3) is 3.30. The molecule has 0 aliphatic carbocycles. The molecule has 24 heavy (non-hydrogen) atoms. The molecular formula is C20H15NOS2. The summed E-state index contributed by atoms with van der Waals surface area (Å²) in [6.07, 6.45) is 0. The molecule has 2 aromatic carbocycles. The van der Waals surface area contributed by atoms with Gasteiger partial charge >= 0.3 is 0 Å². The number of hydrogen-bond donors (Lipinski definition) is 0. The minimum atomic E-state index is 0.676. The molecule has 2 nitrogen and oxygen atoms in total. The zero-order chi connectivity index (χ0) is 16.2. The van der Waals surface area contributed by atoms with Gasteiger partial charge in [0.1, 0.15) is 5.03 Å². The lowest BCUT2D eigenvalue weighted by Gasteiger charge is -2.00. The first-order chi connectivity index (χ1) is 11.9. The van der Waals surface area contributed by atoms with Crippen molar-refractivity contribution in [2.75, 3.05) is 0 Å². The molecule has 4 rings (SSSR count). The van der Waals surface area contributed by atoms with Gasteiger partial charge in [-0.1, -0.05) is 66.4 Å². The van der Waals surface area contributed by atoms with Gasteiger partial charge in [0.15, 0.2) is 5.76 Å². The summed E-state index contributed by atoms with van der Waals surface area (Å²) >= 11 is 3.39. The monoisotopic (exact) mass is 349 g/mol. The van der Waals surface area contributed by atoms with Gasteiger partial charge in [0.2, 0.25) is 5.89 Å². The van der Waals surface area contributed by atoms with Crippen molar-refractivity contribution >= 4 is 23.1 Å². The van der Waals surface area contributed by atoms with E-state index in [1.54, 1.807) is 23.1 Å². The zero-order valence-corrected chi connectivity index (χ0v) is 14.5. The van der Waals surface area contributed by atoms with Crippen LogP contribution in [0.25, 0.3) is 22.1 Å². The summed E-state index contributed by atoms with van der Waals surface area (Å²) in [6, 6.07) is 24.6. The van der Waals surface area contributed by atoms with Crippen LogP contribution in [0.3, 0.4) is 0 Å². The van der Waals surface area contributed by atoms with Gasteiger partial charge < -0.3 is 4.42 Å². The molecule has 0 saturated heterocycles. The fourth-order valence-corrected chi connectivity index (χ4v) is 4.09. The molecule has 0 saturated carbocycles. The first-order valence-electron chi connectivity index (χ1n) is 7.67. The fraction of sp³-hybridized carbons (Fsp3) is 0.0500. The number of nitrogens with zero attached hydrogens (tertiary/aromatic N) is 1. The molecule has 0 radical (unpaired) electrons. The van der Waals surface area contributed by atoms with Crippen molar-refractivity contribution in [3.8, 4) is 22.1 Å². The third-order valence-corrected chi connectivity index (χ3v) is 5.48. The summed E-state index contributed by atoms with van der Waals surface area (Å²) in [6.45, 7) is 0. The number of oxazole rings is 1. The van der Waals surface area contributed by atoms with Gasteiger partial charge in [-0.05, 0) is 29.1 Å². The molecule has 0 aliphatic heterocycles. The van der Waals surface area contributed by atoms with Gasteiger partial charge in [-0.2, -0.15) is 0 Å². The Balaban J connectivity index is 1.67. The fourth-order valence-electron chi connectivity index (χ4n) is 2.40. The Morgan fingerprint density at radius 1 is 0.875 bits per heavy atom. The molecule has 0 bridgehead atoms. The summed E-state index contributed by atoms with van der Waals surface area (Å²) < 4.78 is 6.11. The summed E-state index contributed by atoms with van der Waals surface area (Å²) in [5.74, 6) is 2.42. The van der Waals surface area contributed by atoms with Gasteiger partial charge in [0.05, 0.1) is 4.88 Å². The number of thiophene rings is 1. The maximum atomic E-state index is 6.11. The van der Waals surface area contributed by atoms with Gasteiger partial charge in [-0.15, -0.1) is 11.3 Å². The average Bonchev–Trinajstić information content (AvgIpc) is 3.31. The molecule has 0 unspecified atom stereocenters. The Morgan fingerprint density at radius 3 is 2.33 bits per heavy atom. The van der Waals surface area contributed by atoms with Crippen LogP contribution >= 0.6 is 23.1 Å². The lowest BCUT2D eigenvalue weighted by atomic mass is 10.2. The van der Waals surface area contributed by atoms with E-state index in [0.29, 0.717) is 5.89 Å². The Hall–Kier alpha value is -2.30. The summed E-state index contributed by atoms with van der Waals surface area (Å²) in [4.78, 5) is 5.87. The minimum Gasteiger partial charge on any atom is -0.434 e. The van der Waals surface area contributed by atoms with Crippen molar-refractivity contribution in [2.24, 2.45) is 0 Å². The van der Waals surface area contributed by atoms with Gasteiger partial charge in [-0.25, -0.2) is 4.98 Å². The van der Waals surface area contributed by atoms with E-state index in [1.807, 2.05) is 42.5 Å². The van der Waals surface area contributed by atoms with Crippen LogP contribution in [0.5, 0.6) is 0 Å². The Bertz CT molecular complexity index is 899. The number of aromatic nitrogens is 1. The maximum Gasteiger partial charge on any atom is 0.227 e. The molecule has 0 N–H and O–H groups in total. The smallest absolute Gasteiger partial charge is 0.227 e. The van der Waals surface area contributed by atoms with Crippen molar-refractivity contribution in [2.45, 2.75) is 10.8 Å². The van der Waals surface area contributed by atoms with Crippen molar-refractivity contribution in [1.29, 1.82) is 0 Å². The second kappa shape index (κ2) is 7.07. The summed E-state index contributed by atoms with van der Waals surface area (Å²) in [7, 11) is 0. The molecule has 0 aliphatic rings. The van der Waals surface area contributed by atoms with Crippen LogP contribution in [0.1, 0.15) is 5.56 Å². The predicted octanol–water partition coefficient (Wildman–Crippen LogP) is 6.36. The van der Waals surface area contributed by atoms with Crippen LogP contribution in [0.4, 0.5) is 0 Å². The molecule has 2 aromatic heterocycles. The Kier molecular flexibility index (Phi) is 4.49. The molecule has 4 aromatic rings. The largest absolute Gasteiger partial charge is 0.434 e. The average molecular weight is 349 g/mol. The van der Waals surface area contributed by atoms with Crippen LogP contribution in [0, 0.1) is 0 Å². The number of hydrogen-bond acceptors (Lipinski definition) is 4. The highest BCUT2D eigenvalue weighted by Gasteiger charge is 2.17. The summed E-state index contributed by atoms with van der Waals surface area (Å²) in [5.41, 5.74) is 2.28. The van der Waals surface area contributed by atoms with E-state index in [4.69, 9.17) is 9.40 Å². The van der Waals surface area contributed by atoms with E-state index < -0.39 is 0 Å². The minimum absolute atomic E-state index is 0.676.